The first-order valence-electron chi connectivity index (χ1n) is 8.01. The van der Waals surface area contributed by atoms with Gasteiger partial charge in [-0.1, -0.05) is 12.1 Å². The number of nitrogens with zero attached hydrogens (tertiary/aromatic N) is 4. The van der Waals surface area contributed by atoms with Gasteiger partial charge in [0.05, 0.1) is 16.8 Å². The Morgan fingerprint density at radius 1 is 1.46 bits per heavy atom. The molecule has 1 N–H and O–H groups in total. The van der Waals surface area contributed by atoms with Crippen LogP contribution in [-0.2, 0) is 11.8 Å². The second-order valence-electron chi connectivity index (χ2n) is 6.23. The van der Waals surface area contributed by atoms with Crippen molar-refractivity contribution in [3.63, 3.8) is 0 Å². The number of nitrogens with one attached hydrogen (secondary N) is 1. The van der Waals surface area contributed by atoms with Gasteiger partial charge in [0.1, 0.15) is 0 Å². The van der Waals surface area contributed by atoms with Crippen molar-refractivity contribution in [2.24, 2.45) is 13.0 Å². The molecule has 1 amide bonds. The van der Waals surface area contributed by atoms with E-state index in [4.69, 9.17) is 0 Å². The number of thiazole rings is 1. The first-order valence-corrected chi connectivity index (χ1v) is 8.89. The summed E-state index contributed by atoms with van der Waals surface area (Å²) in [4.78, 5) is 27.2. The lowest BCUT2D eigenvalue weighted by Gasteiger charge is -2.00. The molecule has 8 nitrogen and oxygen atoms in total. The Morgan fingerprint density at radius 3 is 3.04 bits per heavy atom. The highest BCUT2D eigenvalue weighted by atomic mass is 32.1. The van der Waals surface area contributed by atoms with Gasteiger partial charge < -0.3 is 5.32 Å². The van der Waals surface area contributed by atoms with Gasteiger partial charge in [-0.25, -0.2) is 4.98 Å². The highest BCUT2D eigenvalue weighted by molar-refractivity contribution is 7.14. The van der Waals surface area contributed by atoms with Gasteiger partial charge in [-0.2, -0.15) is 5.10 Å². The fourth-order valence-electron chi connectivity index (χ4n) is 2.93. The summed E-state index contributed by atoms with van der Waals surface area (Å²) in [6, 6.07) is 6.28. The predicted molar refractivity (Wildman–Crippen MR) is 96.9 cm³/mol. The summed E-state index contributed by atoms with van der Waals surface area (Å²) in [5.74, 6) is 0.0862. The van der Waals surface area contributed by atoms with Crippen LogP contribution < -0.4 is 5.32 Å². The van der Waals surface area contributed by atoms with Crippen molar-refractivity contribution in [1.29, 1.82) is 0 Å². The molecule has 4 rings (SSSR count). The highest BCUT2D eigenvalue weighted by Crippen LogP contribution is 2.48. The topological polar surface area (TPSA) is 103 Å². The van der Waals surface area contributed by atoms with Gasteiger partial charge in [0.15, 0.2) is 5.13 Å². The summed E-state index contributed by atoms with van der Waals surface area (Å²) in [5, 5.41) is 20.1. The lowest BCUT2D eigenvalue weighted by atomic mass is 10.1. The lowest BCUT2D eigenvalue weighted by Crippen LogP contribution is -2.14. The zero-order valence-corrected chi connectivity index (χ0v) is 14.6. The van der Waals surface area contributed by atoms with Crippen LogP contribution >= 0.6 is 11.3 Å². The van der Waals surface area contributed by atoms with Crippen molar-refractivity contribution in [2.75, 3.05) is 5.32 Å². The smallest absolute Gasteiger partial charge is 0.270 e. The number of non-ortho nitro benzene ring substituents is 1. The molecular weight excluding hydrogens is 354 g/mol. The zero-order chi connectivity index (χ0) is 18.3. The summed E-state index contributed by atoms with van der Waals surface area (Å²) in [7, 11) is 1.85. The summed E-state index contributed by atoms with van der Waals surface area (Å²) in [6.45, 7) is 0. The first kappa shape index (κ1) is 16.4. The van der Waals surface area contributed by atoms with E-state index in [-0.39, 0.29) is 23.4 Å². The summed E-state index contributed by atoms with van der Waals surface area (Å²) < 4.78 is 1.73. The van der Waals surface area contributed by atoms with Gasteiger partial charge in [0.2, 0.25) is 5.91 Å². The van der Waals surface area contributed by atoms with E-state index < -0.39 is 4.92 Å². The molecule has 9 heteroatoms. The van der Waals surface area contributed by atoms with E-state index >= 15 is 0 Å². The molecule has 132 valence electrons. The van der Waals surface area contributed by atoms with E-state index in [0.717, 1.165) is 12.0 Å². The molecule has 0 spiro atoms. The molecule has 2 heterocycles. The minimum absolute atomic E-state index is 0.0124. The number of aryl methyl sites for hydroxylation is 1. The van der Waals surface area contributed by atoms with E-state index in [1.807, 2.05) is 13.2 Å². The quantitative estimate of drug-likeness (QED) is 0.549. The number of carbonyl (C=O) groups excluding carboxylic acids is 1. The van der Waals surface area contributed by atoms with Crippen LogP contribution in [-0.4, -0.2) is 25.6 Å². The molecule has 1 aliphatic rings. The van der Waals surface area contributed by atoms with Crippen molar-refractivity contribution in [2.45, 2.75) is 12.3 Å². The number of aromatic nitrogens is 3. The molecule has 1 aliphatic carbocycles. The van der Waals surface area contributed by atoms with Crippen molar-refractivity contribution >= 4 is 28.1 Å². The Hall–Kier alpha value is -3.07. The van der Waals surface area contributed by atoms with Crippen molar-refractivity contribution in [3.8, 4) is 11.3 Å². The Kier molecular flexibility index (Phi) is 4.00. The molecule has 2 aromatic heterocycles. The van der Waals surface area contributed by atoms with E-state index in [2.05, 4.69) is 15.4 Å². The van der Waals surface area contributed by atoms with Gasteiger partial charge in [0, 0.05) is 42.2 Å². The highest BCUT2D eigenvalue weighted by Gasteiger charge is 2.44. The average molecular weight is 369 g/mol. The molecule has 2 unspecified atom stereocenters. The molecule has 0 bridgehead atoms. The predicted octanol–water partition coefficient (Wildman–Crippen LogP) is 3.19. The zero-order valence-electron chi connectivity index (χ0n) is 13.8. The molecule has 1 aromatic carbocycles. The van der Waals surface area contributed by atoms with Gasteiger partial charge in [0.25, 0.3) is 5.69 Å². The minimum Gasteiger partial charge on any atom is -0.302 e. The lowest BCUT2D eigenvalue weighted by molar-refractivity contribution is -0.384. The number of nitro benzene ring substituents is 1. The molecule has 1 saturated carbocycles. The number of nitro groups is 1. The monoisotopic (exact) mass is 369 g/mol. The Bertz CT molecular complexity index is 996. The minimum atomic E-state index is -0.440. The molecule has 0 saturated heterocycles. The van der Waals surface area contributed by atoms with Gasteiger partial charge in [-0.15, -0.1) is 11.3 Å². The standard InChI is InChI=1S/C17H15N5O3S/c1-21-8-11(7-18-21)13-6-14(13)16(23)20-17-19-15(9-26-17)10-3-2-4-12(5-10)22(24)25/h2-5,7-9,13-14H,6H2,1H3,(H,19,20,23). The van der Waals surface area contributed by atoms with E-state index in [0.29, 0.717) is 16.4 Å². The summed E-state index contributed by atoms with van der Waals surface area (Å²) >= 11 is 1.30. The number of hydrogen-bond acceptors (Lipinski definition) is 6. The van der Waals surface area contributed by atoms with Crippen LogP contribution in [0.1, 0.15) is 17.9 Å². The number of benzene rings is 1. The van der Waals surface area contributed by atoms with Crippen LogP contribution in [0.15, 0.2) is 42.0 Å². The van der Waals surface area contributed by atoms with Crippen LogP contribution in [0.25, 0.3) is 11.3 Å². The van der Waals surface area contributed by atoms with Crippen molar-refractivity contribution < 1.29 is 9.72 Å². The Balaban J connectivity index is 1.43. The fourth-order valence-corrected chi connectivity index (χ4v) is 3.65. The summed E-state index contributed by atoms with van der Waals surface area (Å²) in [6.07, 6.45) is 4.53. The van der Waals surface area contributed by atoms with E-state index in [1.165, 1.54) is 23.5 Å². The third-order valence-electron chi connectivity index (χ3n) is 4.37. The number of carbonyl (C=O) groups is 1. The Labute approximate surface area is 152 Å². The van der Waals surface area contributed by atoms with Crippen LogP contribution in [0.2, 0.25) is 0 Å². The SMILES string of the molecule is Cn1cc(C2CC2C(=O)Nc2nc(-c3cccc([N+](=O)[O-])c3)cs2)cn1. The van der Waals surface area contributed by atoms with Gasteiger partial charge in [-0.3, -0.25) is 19.6 Å². The third kappa shape index (κ3) is 3.21. The maximum absolute atomic E-state index is 12.4. The number of amides is 1. The fraction of sp³-hybridized carbons (Fsp3) is 0.235. The van der Waals surface area contributed by atoms with Crippen LogP contribution in [0.4, 0.5) is 10.8 Å². The van der Waals surface area contributed by atoms with Crippen LogP contribution in [0.3, 0.4) is 0 Å². The van der Waals surface area contributed by atoms with Crippen LogP contribution in [0.5, 0.6) is 0 Å². The molecule has 0 aliphatic heterocycles. The maximum atomic E-state index is 12.4. The van der Waals surface area contributed by atoms with Crippen molar-refractivity contribution in [1.82, 2.24) is 14.8 Å². The first-order chi connectivity index (χ1) is 12.5. The number of hydrogen-bond donors (Lipinski definition) is 1. The Morgan fingerprint density at radius 2 is 2.31 bits per heavy atom. The summed E-state index contributed by atoms with van der Waals surface area (Å²) in [5.41, 5.74) is 2.34. The molecule has 2 atom stereocenters. The van der Waals surface area contributed by atoms with Gasteiger partial charge in [-0.05, 0) is 17.9 Å². The average Bonchev–Trinajstić information content (AvgIpc) is 3.09. The van der Waals surface area contributed by atoms with E-state index in [1.54, 1.807) is 28.4 Å². The maximum Gasteiger partial charge on any atom is 0.270 e. The third-order valence-corrected chi connectivity index (χ3v) is 5.12. The van der Waals surface area contributed by atoms with Crippen LogP contribution in [0, 0.1) is 16.0 Å². The van der Waals surface area contributed by atoms with Crippen molar-refractivity contribution in [3.05, 3.63) is 57.7 Å². The molecular formula is C17H15N5O3S. The molecule has 1 fully saturated rings. The second-order valence-corrected chi connectivity index (χ2v) is 7.09. The molecule has 3 aromatic rings. The molecule has 0 radical (unpaired) electrons. The van der Waals surface area contributed by atoms with E-state index in [9.17, 15) is 14.9 Å². The number of rotatable bonds is 5. The number of anilines is 1. The second kappa shape index (κ2) is 6.34. The molecule has 26 heavy (non-hydrogen) atoms. The normalized spacial score (nSPS) is 18.5. The van der Waals surface area contributed by atoms with Gasteiger partial charge >= 0.3 is 0 Å². The largest absolute Gasteiger partial charge is 0.302 e.